The van der Waals surface area contributed by atoms with Gasteiger partial charge in [-0.1, -0.05) is 71.8 Å². The molecule has 0 N–H and O–H groups in total. The molecule has 28 heavy (non-hydrogen) atoms. The Morgan fingerprint density at radius 2 is 1.68 bits per heavy atom. The second-order valence-electron chi connectivity index (χ2n) is 6.76. The summed E-state index contributed by atoms with van der Waals surface area (Å²) in [5, 5.41) is 13.0. The van der Waals surface area contributed by atoms with Gasteiger partial charge in [0, 0.05) is 28.4 Å². The molecular formula is C24H17ClNO2-. The standard InChI is InChI=1S/C24H18ClNO2/c1-15-7-9-17(10-8-15)24-20(14-22(27)28)23(16-5-3-2-4-6-16)19-13-18(25)11-12-21(19)26-24/h2-13H,14H2,1H3,(H,27,28)/p-1. The van der Waals surface area contributed by atoms with Crippen LogP contribution in [0.3, 0.4) is 0 Å². The molecule has 4 heteroatoms. The van der Waals surface area contributed by atoms with Gasteiger partial charge in [0.1, 0.15) is 0 Å². The third kappa shape index (κ3) is 3.49. The maximum Gasteiger partial charge on any atom is 0.0751 e. The normalized spacial score (nSPS) is 10.9. The first-order valence-electron chi connectivity index (χ1n) is 8.97. The number of carboxylic acids is 1. The van der Waals surface area contributed by atoms with Gasteiger partial charge in [-0.15, -0.1) is 0 Å². The predicted molar refractivity (Wildman–Crippen MR) is 111 cm³/mol. The lowest BCUT2D eigenvalue weighted by Gasteiger charge is -2.19. The summed E-state index contributed by atoms with van der Waals surface area (Å²) in [5.41, 5.74) is 5.79. The van der Waals surface area contributed by atoms with Crippen LogP contribution < -0.4 is 5.11 Å². The monoisotopic (exact) mass is 386 g/mol. The van der Waals surface area contributed by atoms with Gasteiger partial charge in [-0.2, -0.15) is 0 Å². The lowest BCUT2D eigenvalue weighted by atomic mass is 9.90. The largest absolute Gasteiger partial charge is 0.550 e. The maximum atomic E-state index is 11.6. The number of carbonyl (C=O) groups is 1. The van der Waals surface area contributed by atoms with Crippen LogP contribution in [0, 0.1) is 6.92 Å². The van der Waals surface area contributed by atoms with E-state index >= 15 is 0 Å². The first kappa shape index (κ1) is 18.2. The highest BCUT2D eigenvalue weighted by molar-refractivity contribution is 6.31. The van der Waals surface area contributed by atoms with E-state index in [0.717, 1.165) is 33.2 Å². The summed E-state index contributed by atoms with van der Waals surface area (Å²) in [5.74, 6) is -1.14. The Morgan fingerprint density at radius 1 is 0.964 bits per heavy atom. The summed E-state index contributed by atoms with van der Waals surface area (Å²) < 4.78 is 0. The lowest BCUT2D eigenvalue weighted by Crippen LogP contribution is -2.25. The molecule has 3 aromatic carbocycles. The average Bonchev–Trinajstić information content (AvgIpc) is 2.68. The van der Waals surface area contributed by atoms with Crippen molar-refractivity contribution in [3.8, 4) is 22.4 Å². The fourth-order valence-electron chi connectivity index (χ4n) is 3.48. The van der Waals surface area contributed by atoms with Crippen LogP contribution in [-0.2, 0) is 11.2 Å². The topological polar surface area (TPSA) is 53.0 Å². The highest BCUT2D eigenvalue weighted by Crippen LogP contribution is 2.38. The quantitative estimate of drug-likeness (QED) is 0.505. The highest BCUT2D eigenvalue weighted by atomic mass is 35.5. The molecule has 4 rings (SSSR count). The van der Waals surface area contributed by atoms with Crippen LogP contribution in [0.1, 0.15) is 11.1 Å². The van der Waals surface area contributed by atoms with Gasteiger partial charge in [-0.25, -0.2) is 4.98 Å². The molecule has 0 saturated heterocycles. The van der Waals surface area contributed by atoms with Crippen molar-refractivity contribution in [2.24, 2.45) is 0 Å². The number of aromatic nitrogens is 1. The van der Waals surface area contributed by atoms with Gasteiger partial charge in [0.25, 0.3) is 0 Å². The molecule has 1 aromatic heterocycles. The van der Waals surface area contributed by atoms with Crippen molar-refractivity contribution in [3.05, 3.63) is 88.9 Å². The van der Waals surface area contributed by atoms with E-state index in [0.29, 0.717) is 16.3 Å². The number of carbonyl (C=O) groups excluding carboxylic acids is 1. The minimum absolute atomic E-state index is 0.233. The zero-order valence-corrected chi connectivity index (χ0v) is 16.0. The minimum Gasteiger partial charge on any atom is -0.550 e. The van der Waals surface area contributed by atoms with Crippen LogP contribution in [0.4, 0.5) is 0 Å². The fourth-order valence-corrected chi connectivity index (χ4v) is 3.65. The average molecular weight is 387 g/mol. The molecule has 0 aliphatic carbocycles. The number of nitrogens with zero attached hydrogens (tertiary/aromatic N) is 1. The van der Waals surface area contributed by atoms with Crippen molar-refractivity contribution < 1.29 is 9.90 Å². The molecule has 138 valence electrons. The van der Waals surface area contributed by atoms with Crippen LogP contribution in [0.2, 0.25) is 5.02 Å². The molecule has 0 aliphatic heterocycles. The van der Waals surface area contributed by atoms with Gasteiger partial charge in [-0.3, -0.25) is 0 Å². The molecule has 3 nitrogen and oxygen atoms in total. The number of rotatable bonds is 4. The number of hydrogen-bond acceptors (Lipinski definition) is 3. The summed E-state index contributed by atoms with van der Waals surface area (Å²) in [7, 11) is 0. The van der Waals surface area contributed by atoms with E-state index in [2.05, 4.69) is 0 Å². The SMILES string of the molecule is Cc1ccc(-c2nc3ccc(Cl)cc3c(-c3ccccc3)c2CC(=O)[O-])cc1. The second-order valence-corrected chi connectivity index (χ2v) is 7.19. The number of halogens is 1. The molecule has 0 amide bonds. The van der Waals surface area contributed by atoms with Crippen LogP contribution in [0.25, 0.3) is 33.3 Å². The Labute approximate surface area is 168 Å². The highest BCUT2D eigenvalue weighted by Gasteiger charge is 2.18. The number of benzene rings is 3. The van der Waals surface area contributed by atoms with E-state index in [1.807, 2.05) is 73.7 Å². The molecule has 4 aromatic rings. The third-order valence-corrected chi connectivity index (χ3v) is 4.99. The summed E-state index contributed by atoms with van der Waals surface area (Å²) in [6, 6.07) is 23.1. The van der Waals surface area contributed by atoms with Crippen molar-refractivity contribution in [2.75, 3.05) is 0 Å². The zero-order valence-electron chi connectivity index (χ0n) is 15.3. The van der Waals surface area contributed by atoms with E-state index in [1.165, 1.54) is 0 Å². The molecule has 0 atom stereocenters. The lowest BCUT2D eigenvalue weighted by molar-refractivity contribution is -0.304. The molecule has 0 radical (unpaired) electrons. The van der Waals surface area contributed by atoms with Gasteiger partial charge in [0.2, 0.25) is 0 Å². The van der Waals surface area contributed by atoms with Gasteiger partial charge in [-0.05, 0) is 41.8 Å². The number of carboxylic acid groups (broad SMARTS) is 1. The summed E-state index contributed by atoms with van der Waals surface area (Å²) in [6.45, 7) is 2.01. The maximum absolute atomic E-state index is 11.6. The van der Waals surface area contributed by atoms with Crippen LogP contribution in [-0.4, -0.2) is 11.0 Å². The Hall–Kier alpha value is -3.17. The molecular weight excluding hydrogens is 370 g/mol. The minimum atomic E-state index is -1.14. The Bertz CT molecular complexity index is 1170. The molecule has 0 unspecified atom stereocenters. The first-order valence-corrected chi connectivity index (χ1v) is 9.35. The van der Waals surface area contributed by atoms with Gasteiger partial charge in [0.05, 0.1) is 11.2 Å². The molecule has 0 saturated carbocycles. The zero-order chi connectivity index (χ0) is 19.7. The van der Waals surface area contributed by atoms with Gasteiger partial charge in [0.15, 0.2) is 0 Å². The smallest absolute Gasteiger partial charge is 0.0751 e. The van der Waals surface area contributed by atoms with Crippen molar-refractivity contribution in [1.82, 2.24) is 4.98 Å². The first-order chi connectivity index (χ1) is 13.5. The number of pyridine rings is 1. The predicted octanol–water partition coefficient (Wildman–Crippen LogP) is 4.82. The van der Waals surface area contributed by atoms with E-state index in [1.54, 1.807) is 6.07 Å². The van der Waals surface area contributed by atoms with E-state index < -0.39 is 5.97 Å². The van der Waals surface area contributed by atoms with Gasteiger partial charge >= 0.3 is 0 Å². The molecule has 0 spiro atoms. The van der Waals surface area contributed by atoms with E-state index in [9.17, 15) is 9.90 Å². The number of hydrogen-bond donors (Lipinski definition) is 0. The van der Waals surface area contributed by atoms with E-state index in [-0.39, 0.29) is 6.42 Å². The second kappa shape index (κ2) is 7.45. The summed E-state index contributed by atoms with van der Waals surface area (Å²) in [6.07, 6.45) is -0.233. The van der Waals surface area contributed by atoms with Crippen molar-refractivity contribution >= 4 is 28.5 Å². The van der Waals surface area contributed by atoms with Gasteiger partial charge < -0.3 is 9.90 Å². The van der Waals surface area contributed by atoms with Crippen molar-refractivity contribution in [2.45, 2.75) is 13.3 Å². The molecule has 0 bridgehead atoms. The molecule has 1 heterocycles. The fraction of sp³-hybridized carbons (Fsp3) is 0.0833. The van der Waals surface area contributed by atoms with Crippen molar-refractivity contribution in [1.29, 1.82) is 0 Å². The van der Waals surface area contributed by atoms with E-state index in [4.69, 9.17) is 16.6 Å². The molecule has 0 fully saturated rings. The Balaban J connectivity index is 2.13. The number of aliphatic carboxylic acids is 1. The number of fused-ring (bicyclic) bond motifs is 1. The van der Waals surface area contributed by atoms with Crippen molar-refractivity contribution in [3.63, 3.8) is 0 Å². The molecule has 0 aliphatic rings. The van der Waals surface area contributed by atoms with Crippen LogP contribution in [0.5, 0.6) is 0 Å². The summed E-state index contributed by atoms with van der Waals surface area (Å²) >= 11 is 6.25. The number of aryl methyl sites for hydroxylation is 1. The Kier molecular flexibility index (Phi) is 4.84. The Morgan fingerprint density at radius 3 is 2.36 bits per heavy atom. The van der Waals surface area contributed by atoms with Crippen LogP contribution >= 0.6 is 11.6 Å². The third-order valence-electron chi connectivity index (χ3n) is 4.76. The summed E-state index contributed by atoms with van der Waals surface area (Å²) in [4.78, 5) is 16.4. The van der Waals surface area contributed by atoms with Crippen LogP contribution in [0.15, 0.2) is 72.8 Å².